The van der Waals surface area contributed by atoms with Crippen LogP contribution in [0.5, 0.6) is 0 Å². The van der Waals surface area contributed by atoms with Crippen molar-refractivity contribution in [2.75, 3.05) is 6.54 Å². The van der Waals surface area contributed by atoms with Gasteiger partial charge in [0.15, 0.2) is 0 Å². The van der Waals surface area contributed by atoms with Gasteiger partial charge in [-0.15, -0.1) is 0 Å². The maximum absolute atomic E-state index is 3.64. The van der Waals surface area contributed by atoms with E-state index in [1.165, 1.54) is 29.5 Å². The van der Waals surface area contributed by atoms with Crippen LogP contribution < -0.4 is 5.32 Å². The number of rotatable bonds is 5. The molecule has 1 aromatic carbocycles. The monoisotopic (exact) mass is 231 g/mol. The summed E-state index contributed by atoms with van der Waals surface area (Å²) in [5.41, 5.74) is 4.62. The number of aryl methyl sites for hydroxylation is 2. The van der Waals surface area contributed by atoms with Gasteiger partial charge in [0.1, 0.15) is 0 Å². The Morgan fingerprint density at radius 3 is 2.47 bits per heavy atom. The summed E-state index contributed by atoms with van der Waals surface area (Å²) in [7, 11) is 0. The SMILES string of the molecule is Cc1ccc(CC(C)(C)CNC2CC2)cc1C. The Labute approximate surface area is 106 Å². The lowest BCUT2D eigenvalue weighted by molar-refractivity contribution is 0.337. The van der Waals surface area contributed by atoms with Crippen LogP contribution in [0.2, 0.25) is 0 Å². The maximum Gasteiger partial charge on any atom is 0.00684 e. The zero-order valence-electron chi connectivity index (χ0n) is 11.6. The Morgan fingerprint density at radius 2 is 1.88 bits per heavy atom. The van der Waals surface area contributed by atoms with E-state index in [4.69, 9.17) is 0 Å². The number of hydrogen-bond acceptors (Lipinski definition) is 1. The van der Waals surface area contributed by atoms with Crippen LogP contribution in [0.25, 0.3) is 0 Å². The molecule has 0 atom stereocenters. The number of nitrogens with one attached hydrogen (secondary N) is 1. The first kappa shape index (κ1) is 12.6. The van der Waals surface area contributed by atoms with Gasteiger partial charge in [0.25, 0.3) is 0 Å². The van der Waals surface area contributed by atoms with Crippen LogP contribution in [-0.4, -0.2) is 12.6 Å². The molecule has 2 rings (SSSR count). The summed E-state index contributed by atoms with van der Waals surface area (Å²) in [6.07, 6.45) is 3.91. The van der Waals surface area contributed by atoms with Gasteiger partial charge in [-0.25, -0.2) is 0 Å². The second kappa shape index (κ2) is 4.81. The van der Waals surface area contributed by atoms with Crippen molar-refractivity contribution in [2.45, 2.75) is 53.0 Å². The fraction of sp³-hybridized carbons (Fsp3) is 0.625. The summed E-state index contributed by atoms with van der Waals surface area (Å²) < 4.78 is 0. The van der Waals surface area contributed by atoms with Crippen LogP contribution in [0.3, 0.4) is 0 Å². The van der Waals surface area contributed by atoms with E-state index in [1.807, 2.05) is 0 Å². The molecule has 17 heavy (non-hydrogen) atoms. The van der Waals surface area contributed by atoms with Crippen molar-refractivity contribution in [1.29, 1.82) is 0 Å². The largest absolute Gasteiger partial charge is 0.313 e. The maximum atomic E-state index is 3.64. The molecule has 0 bridgehead atoms. The normalized spacial score (nSPS) is 16.2. The minimum absolute atomic E-state index is 0.351. The topological polar surface area (TPSA) is 12.0 Å². The predicted molar refractivity (Wildman–Crippen MR) is 74.4 cm³/mol. The third kappa shape index (κ3) is 3.85. The highest BCUT2D eigenvalue weighted by Gasteiger charge is 2.25. The van der Waals surface area contributed by atoms with Crippen molar-refractivity contribution in [3.05, 3.63) is 34.9 Å². The molecule has 0 saturated heterocycles. The molecule has 0 unspecified atom stereocenters. The summed E-state index contributed by atoms with van der Waals surface area (Å²) in [6.45, 7) is 10.2. The van der Waals surface area contributed by atoms with Crippen molar-refractivity contribution in [3.8, 4) is 0 Å². The van der Waals surface area contributed by atoms with Gasteiger partial charge >= 0.3 is 0 Å². The molecule has 1 saturated carbocycles. The molecular formula is C16H25N. The van der Waals surface area contributed by atoms with E-state index >= 15 is 0 Å². The van der Waals surface area contributed by atoms with Gasteiger partial charge in [-0.05, 0) is 55.2 Å². The highest BCUT2D eigenvalue weighted by atomic mass is 15.0. The van der Waals surface area contributed by atoms with E-state index in [-0.39, 0.29) is 0 Å². The van der Waals surface area contributed by atoms with Gasteiger partial charge in [-0.2, -0.15) is 0 Å². The van der Waals surface area contributed by atoms with Crippen molar-refractivity contribution in [1.82, 2.24) is 5.32 Å². The van der Waals surface area contributed by atoms with Crippen LogP contribution in [0.1, 0.15) is 43.4 Å². The van der Waals surface area contributed by atoms with Crippen molar-refractivity contribution in [3.63, 3.8) is 0 Å². The molecule has 94 valence electrons. The van der Waals surface area contributed by atoms with Crippen molar-refractivity contribution >= 4 is 0 Å². The van der Waals surface area contributed by atoms with Crippen LogP contribution in [-0.2, 0) is 6.42 Å². The van der Waals surface area contributed by atoms with Crippen molar-refractivity contribution < 1.29 is 0 Å². The third-order valence-electron chi connectivity index (χ3n) is 3.70. The van der Waals surface area contributed by atoms with Gasteiger partial charge in [-0.1, -0.05) is 32.0 Å². The molecule has 0 spiro atoms. The van der Waals surface area contributed by atoms with E-state index in [0.29, 0.717) is 5.41 Å². The fourth-order valence-electron chi connectivity index (χ4n) is 2.24. The predicted octanol–water partition coefficient (Wildman–Crippen LogP) is 3.62. The Morgan fingerprint density at radius 1 is 1.18 bits per heavy atom. The van der Waals surface area contributed by atoms with Gasteiger partial charge in [-0.3, -0.25) is 0 Å². The van der Waals surface area contributed by atoms with Crippen molar-refractivity contribution in [2.24, 2.45) is 5.41 Å². The van der Waals surface area contributed by atoms with E-state index < -0.39 is 0 Å². The first-order valence-electron chi connectivity index (χ1n) is 6.76. The molecule has 0 heterocycles. The first-order valence-corrected chi connectivity index (χ1v) is 6.76. The van der Waals surface area contributed by atoms with Crippen LogP contribution in [0.15, 0.2) is 18.2 Å². The first-order chi connectivity index (χ1) is 7.96. The molecule has 0 radical (unpaired) electrons. The van der Waals surface area contributed by atoms with E-state index in [1.54, 1.807) is 0 Å². The van der Waals surface area contributed by atoms with Crippen LogP contribution in [0.4, 0.5) is 0 Å². The van der Waals surface area contributed by atoms with E-state index in [2.05, 4.69) is 51.2 Å². The second-order valence-corrected chi connectivity index (χ2v) is 6.41. The van der Waals surface area contributed by atoms with Gasteiger partial charge in [0.2, 0.25) is 0 Å². The standard InChI is InChI=1S/C16H25N/c1-12-5-6-14(9-13(12)2)10-16(3,4)11-17-15-7-8-15/h5-6,9,15,17H,7-8,10-11H2,1-4H3. The lowest BCUT2D eigenvalue weighted by Crippen LogP contribution is -2.32. The zero-order valence-corrected chi connectivity index (χ0v) is 11.6. The second-order valence-electron chi connectivity index (χ2n) is 6.41. The molecule has 1 heteroatoms. The molecule has 1 N–H and O–H groups in total. The Kier molecular flexibility index (Phi) is 3.58. The average Bonchev–Trinajstić information content (AvgIpc) is 3.04. The summed E-state index contributed by atoms with van der Waals surface area (Å²) in [5.74, 6) is 0. The van der Waals surface area contributed by atoms with Gasteiger partial charge in [0, 0.05) is 12.6 Å². The highest BCUT2D eigenvalue weighted by molar-refractivity contribution is 5.30. The third-order valence-corrected chi connectivity index (χ3v) is 3.70. The molecular weight excluding hydrogens is 206 g/mol. The van der Waals surface area contributed by atoms with Gasteiger partial charge < -0.3 is 5.32 Å². The Bertz CT molecular complexity index is 389. The number of benzene rings is 1. The summed E-state index contributed by atoms with van der Waals surface area (Å²) in [5, 5.41) is 3.64. The number of hydrogen-bond donors (Lipinski definition) is 1. The molecule has 1 aromatic rings. The zero-order chi connectivity index (χ0) is 12.5. The van der Waals surface area contributed by atoms with Crippen LogP contribution in [0, 0.1) is 19.3 Å². The summed E-state index contributed by atoms with van der Waals surface area (Å²) in [4.78, 5) is 0. The quantitative estimate of drug-likeness (QED) is 0.816. The van der Waals surface area contributed by atoms with Crippen LogP contribution >= 0.6 is 0 Å². The molecule has 1 aliphatic carbocycles. The fourth-order valence-corrected chi connectivity index (χ4v) is 2.24. The molecule has 0 amide bonds. The molecule has 0 aromatic heterocycles. The smallest absolute Gasteiger partial charge is 0.00684 e. The Balaban J connectivity index is 1.94. The molecule has 0 aliphatic heterocycles. The molecule has 1 fully saturated rings. The summed E-state index contributed by atoms with van der Waals surface area (Å²) >= 11 is 0. The average molecular weight is 231 g/mol. The molecule has 1 nitrogen and oxygen atoms in total. The molecule has 1 aliphatic rings. The minimum Gasteiger partial charge on any atom is -0.313 e. The van der Waals surface area contributed by atoms with Gasteiger partial charge in [0.05, 0.1) is 0 Å². The minimum atomic E-state index is 0.351. The van der Waals surface area contributed by atoms with E-state index in [0.717, 1.165) is 19.0 Å². The highest BCUT2D eigenvalue weighted by Crippen LogP contribution is 2.25. The van der Waals surface area contributed by atoms with E-state index in [9.17, 15) is 0 Å². The summed E-state index contributed by atoms with van der Waals surface area (Å²) in [6, 6.07) is 7.68. The lowest BCUT2D eigenvalue weighted by atomic mass is 9.85. The Hall–Kier alpha value is -0.820. The lowest BCUT2D eigenvalue weighted by Gasteiger charge is -2.25.